The largest absolute Gasteiger partial charge is 0.309 e. The maximum atomic E-state index is 3.69. The van der Waals surface area contributed by atoms with Crippen molar-refractivity contribution >= 4 is 0 Å². The molecule has 2 rings (SSSR count). The summed E-state index contributed by atoms with van der Waals surface area (Å²) in [7, 11) is 0. The molecule has 0 aromatic heterocycles. The lowest BCUT2D eigenvalue weighted by Crippen LogP contribution is -2.59. The third-order valence-corrected chi connectivity index (χ3v) is 5.31. The smallest absolute Gasteiger partial charge is 0.0278 e. The summed E-state index contributed by atoms with van der Waals surface area (Å²) in [6, 6.07) is 0. The average molecular weight is 238 g/mol. The highest BCUT2D eigenvalue weighted by molar-refractivity contribution is 4.93. The fraction of sp³-hybridized carbons (Fsp3) is 1.00. The molecular formula is C15H30N2. The zero-order chi connectivity index (χ0) is 12.4. The summed E-state index contributed by atoms with van der Waals surface area (Å²) in [5.74, 6) is 0. The minimum absolute atomic E-state index is 0.353. The summed E-state index contributed by atoms with van der Waals surface area (Å²) in [5.41, 5.74) is 1.01. The second-order valence-corrected chi connectivity index (χ2v) is 6.61. The van der Waals surface area contributed by atoms with Gasteiger partial charge >= 0.3 is 0 Å². The third-order valence-electron chi connectivity index (χ3n) is 5.31. The minimum atomic E-state index is 0.353. The second kappa shape index (κ2) is 5.27. The van der Waals surface area contributed by atoms with Gasteiger partial charge in [0.05, 0.1) is 0 Å². The average Bonchev–Trinajstić information content (AvgIpc) is 2.78. The first-order valence-corrected chi connectivity index (χ1v) is 7.59. The lowest BCUT2D eigenvalue weighted by atomic mass is 9.82. The van der Waals surface area contributed by atoms with Gasteiger partial charge in [0.1, 0.15) is 0 Å². The molecule has 1 saturated carbocycles. The minimum Gasteiger partial charge on any atom is -0.309 e. The monoisotopic (exact) mass is 238 g/mol. The van der Waals surface area contributed by atoms with Gasteiger partial charge in [0, 0.05) is 31.7 Å². The first kappa shape index (κ1) is 13.4. The molecule has 1 saturated heterocycles. The maximum absolute atomic E-state index is 3.69. The van der Waals surface area contributed by atoms with Crippen molar-refractivity contribution in [1.82, 2.24) is 10.2 Å². The lowest BCUT2D eigenvalue weighted by Gasteiger charge is -2.44. The van der Waals surface area contributed by atoms with E-state index in [1.54, 1.807) is 0 Å². The van der Waals surface area contributed by atoms with E-state index in [1.165, 1.54) is 64.7 Å². The van der Waals surface area contributed by atoms with E-state index in [2.05, 4.69) is 31.0 Å². The van der Waals surface area contributed by atoms with Crippen molar-refractivity contribution in [2.45, 2.75) is 64.8 Å². The van der Waals surface area contributed by atoms with E-state index in [9.17, 15) is 0 Å². The third kappa shape index (κ3) is 3.03. The molecule has 1 atom stereocenters. The van der Waals surface area contributed by atoms with Crippen molar-refractivity contribution < 1.29 is 0 Å². The normalized spacial score (nSPS) is 34.1. The fourth-order valence-electron chi connectivity index (χ4n) is 3.74. The molecule has 0 aromatic carbocycles. The first-order valence-electron chi connectivity index (χ1n) is 7.59. The summed E-state index contributed by atoms with van der Waals surface area (Å²) < 4.78 is 0. The van der Waals surface area contributed by atoms with Crippen LogP contribution in [0.2, 0.25) is 0 Å². The molecule has 0 spiro atoms. The Morgan fingerprint density at radius 1 is 1.12 bits per heavy atom. The van der Waals surface area contributed by atoms with Crippen LogP contribution in [0.4, 0.5) is 0 Å². The van der Waals surface area contributed by atoms with E-state index < -0.39 is 0 Å². The molecule has 2 heteroatoms. The Morgan fingerprint density at radius 2 is 1.82 bits per heavy atom. The van der Waals surface area contributed by atoms with Crippen LogP contribution in [0.1, 0.15) is 59.3 Å². The topological polar surface area (TPSA) is 15.3 Å². The molecule has 2 fully saturated rings. The molecule has 1 N–H and O–H groups in total. The van der Waals surface area contributed by atoms with Crippen LogP contribution in [0.5, 0.6) is 0 Å². The van der Waals surface area contributed by atoms with E-state index >= 15 is 0 Å². The molecule has 2 nitrogen and oxygen atoms in total. The summed E-state index contributed by atoms with van der Waals surface area (Å²) in [4.78, 5) is 2.73. The van der Waals surface area contributed by atoms with Gasteiger partial charge in [0.2, 0.25) is 0 Å². The molecule has 2 aliphatic rings. The number of rotatable bonds is 4. The van der Waals surface area contributed by atoms with Crippen LogP contribution in [0, 0.1) is 5.41 Å². The standard InChI is InChI=1S/C15H30N2/c1-4-14(3)12-17(11-10-16-14)13-15(5-2)8-6-7-9-15/h16H,4-13H2,1-3H3. The van der Waals surface area contributed by atoms with Crippen LogP contribution in [0.25, 0.3) is 0 Å². The summed E-state index contributed by atoms with van der Waals surface area (Å²) >= 11 is 0. The molecule has 0 aromatic rings. The van der Waals surface area contributed by atoms with E-state index in [0.717, 1.165) is 0 Å². The van der Waals surface area contributed by atoms with Crippen LogP contribution < -0.4 is 5.32 Å². The van der Waals surface area contributed by atoms with Gasteiger partial charge in [-0.15, -0.1) is 0 Å². The predicted octanol–water partition coefficient (Wildman–Crippen LogP) is 3.03. The number of piperazine rings is 1. The highest BCUT2D eigenvalue weighted by Gasteiger charge is 2.36. The molecule has 17 heavy (non-hydrogen) atoms. The highest BCUT2D eigenvalue weighted by Crippen LogP contribution is 2.41. The van der Waals surface area contributed by atoms with Crippen molar-refractivity contribution in [3.8, 4) is 0 Å². The quantitative estimate of drug-likeness (QED) is 0.810. The van der Waals surface area contributed by atoms with Gasteiger partial charge in [-0.1, -0.05) is 26.7 Å². The van der Waals surface area contributed by atoms with Gasteiger partial charge in [0.25, 0.3) is 0 Å². The Labute approximate surface area is 107 Å². The Hall–Kier alpha value is -0.0800. The summed E-state index contributed by atoms with van der Waals surface area (Å²) in [6.07, 6.45) is 8.48. The van der Waals surface area contributed by atoms with Gasteiger partial charge in [-0.2, -0.15) is 0 Å². The van der Waals surface area contributed by atoms with Crippen molar-refractivity contribution in [2.75, 3.05) is 26.2 Å². The molecule has 1 aliphatic carbocycles. The van der Waals surface area contributed by atoms with Gasteiger partial charge in [-0.25, -0.2) is 0 Å². The second-order valence-electron chi connectivity index (χ2n) is 6.61. The first-order chi connectivity index (χ1) is 8.11. The molecule has 1 aliphatic heterocycles. The Balaban J connectivity index is 1.94. The van der Waals surface area contributed by atoms with Crippen molar-refractivity contribution in [3.05, 3.63) is 0 Å². The van der Waals surface area contributed by atoms with Crippen LogP contribution >= 0.6 is 0 Å². The zero-order valence-electron chi connectivity index (χ0n) is 12.0. The van der Waals surface area contributed by atoms with Crippen LogP contribution in [0.3, 0.4) is 0 Å². The van der Waals surface area contributed by atoms with Crippen molar-refractivity contribution in [2.24, 2.45) is 5.41 Å². The van der Waals surface area contributed by atoms with E-state index in [1.807, 2.05) is 0 Å². The van der Waals surface area contributed by atoms with Gasteiger partial charge in [0.15, 0.2) is 0 Å². The number of nitrogens with one attached hydrogen (secondary N) is 1. The SMILES string of the molecule is CCC1(CN2CCNC(C)(CC)C2)CCCC1. The number of hydrogen-bond donors (Lipinski definition) is 1. The number of hydrogen-bond acceptors (Lipinski definition) is 2. The predicted molar refractivity (Wildman–Crippen MR) is 74.3 cm³/mol. The molecule has 1 unspecified atom stereocenters. The number of nitrogens with zero attached hydrogens (tertiary/aromatic N) is 1. The van der Waals surface area contributed by atoms with E-state index in [0.29, 0.717) is 11.0 Å². The maximum Gasteiger partial charge on any atom is 0.0278 e. The van der Waals surface area contributed by atoms with E-state index in [-0.39, 0.29) is 0 Å². The van der Waals surface area contributed by atoms with Crippen LogP contribution in [-0.4, -0.2) is 36.6 Å². The van der Waals surface area contributed by atoms with Gasteiger partial charge in [-0.05, 0) is 38.0 Å². The summed E-state index contributed by atoms with van der Waals surface area (Å²) in [6.45, 7) is 12.1. The van der Waals surface area contributed by atoms with Gasteiger partial charge in [-0.3, -0.25) is 4.90 Å². The molecule has 0 bridgehead atoms. The van der Waals surface area contributed by atoms with Gasteiger partial charge < -0.3 is 5.32 Å². The summed E-state index contributed by atoms with van der Waals surface area (Å²) in [5, 5.41) is 3.69. The zero-order valence-corrected chi connectivity index (χ0v) is 12.0. The molecule has 0 amide bonds. The molecule has 100 valence electrons. The van der Waals surface area contributed by atoms with Crippen LogP contribution in [-0.2, 0) is 0 Å². The van der Waals surface area contributed by atoms with Crippen molar-refractivity contribution in [1.29, 1.82) is 0 Å². The van der Waals surface area contributed by atoms with Crippen LogP contribution in [0.15, 0.2) is 0 Å². The fourth-order valence-corrected chi connectivity index (χ4v) is 3.74. The Kier molecular flexibility index (Phi) is 4.14. The Bertz CT molecular complexity index is 245. The lowest BCUT2D eigenvalue weighted by molar-refractivity contribution is 0.0840. The highest BCUT2D eigenvalue weighted by atomic mass is 15.2. The van der Waals surface area contributed by atoms with E-state index in [4.69, 9.17) is 0 Å². The molecule has 0 radical (unpaired) electrons. The molecular weight excluding hydrogens is 208 g/mol. The Morgan fingerprint density at radius 3 is 2.41 bits per heavy atom. The molecule has 1 heterocycles. The van der Waals surface area contributed by atoms with Crippen molar-refractivity contribution in [3.63, 3.8) is 0 Å².